The molecule has 4 aromatic rings. The van der Waals surface area contributed by atoms with Crippen molar-refractivity contribution in [3.05, 3.63) is 66.5 Å². The smallest absolute Gasteiger partial charge is 0.387 e. The minimum atomic E-state index is -4.26. The lowest BCUT2D eigenvalue weighted by molar-refractivity contribution is -0.0499. The van der Waals surface area contributed by atoms with Gasteiger partial charge in [0.1, 0.15) is 22.8 Å². The first-order valence-electron chi connectivity index (χ1n) is 11.5. The molecular weight excluding hydrogens is 536 g/mol. The Kier molecular flexibility index (Phi) is 8.30. The van der Waals surface area contributed by atoms with Crippen LogP contribution in [0.15, 0.2) is 55.1 Å². The van der Waals surface area contributed by atoms with E-state index < -0.39 is 28.0 Å². The average molecular weight is 562 g/mol. The number of para-hydroxylation sites is 1. The van der Waals surface area contributed by atoms with Gasteiger partial charge in [-0.15, -0.1) is 10.2 Å². The molecule has 0 amide bonds. The van der Waals surface area contributed by atoms with E-state index in [1.54, 1.807) is 31.5 Å². The molecule has 2 atom stereocenters. The molecule has 39 heavy (non-hydrogen) atoms. The first kappa shape index (κ1) is 27.8. The van der Waals surface area contributed by atoms with Crippen molar-refractivity contribution in [3.63, 3.8) is 0 Å². The van der Waals surface area contributed by atoms with Gasteiger partial charge in [-0.05, 0) is 43.7 Å². The third-order valence-corrected chi connectivity index (χ3v) is 7.36. The minimum Gasteiger partial charge on any atom is -0.494 e. The van der Waals surface area contributed by atoms with E-state index in [9.17, 15) is 17.2 Å². The number of alkyl halides is 2. The molecule has 0 aliphatic rings. The van der Waals surface area contributed by atoms with Crippen LogP contribution in [0.2, 0.25) is 0 Å². The lowest BCUT2D eigenvalue weighted by Crippen LogP contribution is -2.33. The van der Waals surface area contributed by atoms with Gasteiger partial charge in [0.15, 0.2) is 17.4 Å². The predicted octanol–water partition coefficient (Wildman–Crippen LogP) is 3.56. The number of benzene rings is 1. The van der Waals surface area contributed by atoms with Gasteiger partial charge >= 0.3 is 6.61 Å². The summed E-state index contributed by atoms with van der Waals surface area (Å²) in [5.41, 5.74) is 1.15. The van der Waals surface area contributed by atoms with E-state index >= 15 is 0 Å². The number of ether oxygens (including phenoxy) is 3. The fourth-order valence-corrected chi connectivity index (χ4v) is 4.89. The molecule has 0 saturated heterocycles. The molecule has 15 heteroatoms. The maximum absolute atomic E-state index is 13.6. The van der Waals surface area contributed by atoms with E-state index in [1.807, 2.05) is 0 Å². The van der Waals surface area contributed by atoms with Crippen molar-refractivity contribution in [1.29, 1.82) is 0 Å². The van der Waals surface area contributed by atoms with E-state index in [-0.39, 0.29) is 34.8 Å². The van der Waals surface area contributed by atoms with Crippen molar-refractivity contribution in [1.82, 2.24) is 29.7 Å². The van der Waals surface area contributed by atoms with E-state index in [2.05, 4.69) is 29.9 Å². The standard InChI is InChI=1S/C24H25F2N7O5S/c1-14-11-28-21(29-12-14)20(37-4)15(2)39(34,35)32-24-31-30-22(16-7-6-10-27-13-16)33(24)19-17(36-3)8-5-9-18(19)38-23(25)26/h5-13,15,20,23H,1-4H3,(H,31,32)/t15-,20-/m0/s1. The van der Waals surface area contributed by atoms with Gasteiger partial charge in [-0.1, -0.05) is 6.07 Å². The molecule has 12 nitrogen and oxygen atoms in total. The Bertz CT molecular complexity index is 1520. The van der Waals surface area contributed by atoms with Crippen LogP contribution in [0.3, 0.4) is 0 Å². The highest BCUT2D eigenvalue weighted by Gasteiger charge is 2.35. The third-order valence-electron chi connectivity index (χ3n) is 5.66. The monoisotopic (exact) mass is 561 g/mol. The second-order valence-electron chi connectivity index (χ2n) is 8.24. The Morgan fingerprint density at radius 2 is 1.72 bits per heavy atom. The molecule has 0 fully saturated rings. The van der Waals surface area contributed by atoms with Crippen molar-refractivity contribution >= 4 is 16.0 Å². The number of methoxy groups -OCH3 is 2. The Balaban J connectivity index is 1.85. The van der Waals surface area contributed by atoms with Gasteiger partial charge in [-0.2, -0.15) is 8.78 Å². The van der Waals surface area contributed by atoms with Crippen LogP contribution in [-0.4, -0.2) is 64.2 Å². The van der Waals surface area contributed by atoms with Crippen molar-refractivity contribution < 1.29 is 31.4 Å². The predicted molar refractivity (Wildman–Crippen MR) is 136 cm³/mol. The molecule has 0 aliphatic carbocycles. The first-order valence-corrected chi connectivity index (χ1v) is 13.0. The number of hydrogen-bond acceptors (Lipinski definition) is 10. The van der Waals surface area contributed by atoms with Crippen molar-refractivity contribution in [3.8, 4) is 28.6 Å². The summed E-state index contributed by atoms with van der Waals surface area (Å²) >= 11 is 0. The molecule has 3 heterocycles. The lowest BCUT2D eigenvalue weighted by atomic mass is 10.2. The van der Waals surface area contributed by atoms with E-state index in [1.165, 1.54) is 56.3 Å². The number of aromatic nitrogens is 6. The summed E-state index contributed by atoms with van der Waals surface area (Å²) in [5, 5.41) is 6.94. The molecule has 0 aliphatic heterocycles. The number of nitrogens with one attached hydrogen (secondary N) is 1. The SMILES string of the molecule is COc1cccc(OC(F)F)c1-n1c(NS(=O)(=O)[C@@H](C)[C@H](OC)c2ncc(C)cn2)nnc1-c1cccnc1. The number of sulfonamides is 1. The fourth-order valence-electron chi connectivity index (χ4n) is 3.76. The zero-order valence-corrected chi connectivity index (χ0v) is 22.1. The molecule has 0 saturated carbocycles. The van der Waals surface area contributed by atoms with Crippen LogP contribution in [-0.2, 0) is 14.8 Å². The summed E-state index contributed by atoms with van der Waals surface area (Å²) < 4.78 is 73.0. The fraction of sp³-hybridized carbons (Fsp3) is 0.292. The maximum atomic E-state index is 13.6. The van der Waals surface area contributed by atoms with E-state index in [4.69, 9.17) is 14.2 Å². The molecule has 3 aromatic heterocycles. The number of nitrogens with zero attached hydrogens (tertiary/aromatic N) is 6. The highest BCUT2D eigenvalue weighted by molar-refractivity contribution is 7.93. The first-order chi connectivity index (χ1) is 18.7. The Morgan fingerprint density at radius 3 is 2.33 bits per heavy atom. The van der Waals surface area contributed by atoms with Crippen LogP contribution in [0.1, 0.15) is 24.4 Å². The van der Waals surface area contributed by atoms with E-state index in [0.29, 0.717) is 5.56 Å². The van der Waals surface area contributed by atoms with Gasteiger partial charge in [0.05, 0.1) is 7.11 Å². The highest BCUT2D eigenvalue weighted by atomic mass is 32.2. The topological polar surface area (TPSA) is 143 Å². The van der Waals surface area contributed by atoms with Crippen molar-refractivity contribution in [2.75, 3.05) is 18.9 Å². The van der Waals surface area contributed by atoms with Gasteiger partial charge < -0.3 is 14.2 Å². The summed E-state index contributed by atoms with van der Waals surface area (Å²) in [6.07, 6.45) is 5.04. The quantitative estimate of drug-likeness (QED) is 0.289. The second-order valence-corrected chi connectivity index (χ2v) is 10.3. The summed E-state index contributed by atoms with van der Waals surface area (Å²) in [6.45, 7) is 0.0344. The van der Waals surface area contributed by atoms with Gasteiger partial charge in [0.25, 0.3) is 0 Å². The van der Waals surface area contributed by atoms with Crippen molar-refractivity contribution in [2.45, 2.75) is 31.8 Å². The van der Waals surface area contributed by atoms with Gasteiger partial charge in [0, 0.05) is 37.5 Å². The molecule has 4 rings (SSSR count). The zero-order valence-electron chi connectivity index (χ0n) is 21.3. The third kappa shape index (κ3) is 5.93. The molecule has 0 unspecified atom stereocenters. The van der Waals surface area contributed by atoms with Gasteiger partial charge in [0.2, 0.25) is 16.0 Å². The van der Waals surface area contributed by atoms with Crippen LogP contribution in [0.4, 0.5) is 14.7 Å². The number of hydrogen-bond donors (Lipinski definition) is 1. The number of halogens is 2. The second kappa shape index (κ2) is 11.7. The number of anilines is 1. The number of aryl methyl sites for hydroxylation is 1. The molecular formula is C24H25F2N7O5S. The number of rotatable bonds is 11. The van der Waals surface area contributed by atoms with Crippen LogP contribution in [0, 0.1) is 6.92 Å². The van der Waals surface area contributed by atoms with Crippen LogP contribution in [0.5, 0.6) is 11.5 Å². The summed E-state index contributed by atoms with van der Waals surface area (Å²) in [4.78, 5) is 12.4. The van der Waals surface area contributed by atoms with E-state index in [0.717, 1.165) is 5.56 Å². The summed E-state index contributed by atoms with van der Waals surface area (Å²) in [6, 6.07) is 7.51. The Hall–Kier alpha value is -4.24. The lowest BCUT2D eigenvalue weighted by Gasteiger charge is -2.23. The summed E-state index contributed by atoms with van der Waals surface area (Å²) in [7, 11) is -1.59. The maximum Gasteiger partial charge on any atom is 0.387 e. The molecule has 206 valence electrons. The Labute approximate surface area is 223 Å². The van der Waals surface area contributed by atoms with Crippen molar-refractivity contribution in [2.24, 2.45) is 0 Å². The van der Waals surface area contributed by atoms with Gasteiger partial charge in [-0.3, -0.25) is 14.3 Å². The summed E-state index contributed by atoms with van der Waals surface area (Å²) in [5.74, 6) is -0.276. The zero-order chi connectivity index (χ0) is 28.2. The molecule has 1 aromatic carbocycles. The normalized spacial score (nSPS) is 13.2. The van der Waals surface area contributed by atoms with Crippen LogP contribution in [0.25, 0.3) is 17.1 Å². The molecule has 0 radical (unpaired) electrons. The largest absolute Gasteiger partial charge is 0.494 e. The molecule has 0 bridgehead atoms. The van der Waals surface area contributed by atoms with Crippen LogP contribution < -0.4 is 14.2 Å². The molecule has 1 N–H and O–H groups in total. The van der Waals surface area contributed by atoms with Crippen LogP contribution >= 0.6 is 0 Å². The molecule has 0 spiro atoms. The highest BCUT2D eigenvalue weighted by Crippen LogP contribution is 2.38. The minimum absolute atomic E-state index is 0.0559. The Morgan fingerprint density at radius 1 is 1.00 bits per heavy atom. The van der Waals surface area contributed by atoms with Gasteiger partial charge in [-0.25, -0.2) is 18.4 Å². The average Bonchev–Trinajstić information content (AvgIpc) is 3.32. The number of pyridine rings is 1.